The topological polar surface area (TPSA) is 74.1 Å². The van der Waals surface area contributed by atoms with Crippen LogP contribution < -0.4 is 0 Å². The molecule has 3 aromatic rings. The molecular weight excluding hydrogens is 301 g/mol. The van der Waals surface area contributed by atoms with Crippen LogP contribution in [-0.2, 0) is 6.42 Å². The molecule has 0 bridgehead atoms. The molecule has 7 heteroatoms. The largest absolute Gasteiger partial charge is 0.460 e. The summed E-state index contributed by atoms with van der Waals surface area (Å²) in [6.45, 7) is 3.78. The Kier molecular flexibility index (Phi) is 3.69. The van der Waals surface area contributed by atoms with Crippen molar-refractivity contribution in [3.8, 4) is 17.1 Å². The van der Waals surface area contributed by atoms with Crippen molar-refractivity contribution < 1.29 is 13.7 Å². The fourth-order valence-corrected chi connectivity index (χ4v) is 2.32. The zero-order valence-corrected chi connectivity index (χ0v) is 12.6. The van der Waals surface area contributed by atoms with Crippen molar-refractivity contribution in [3.63, 3.8) is 0 Å². The molecule has 23 heavy (non-hydrogen) atoms. The fourth-order valence-electron chi connectivity index (χ4n) is 2.32. The standard InChI is InChI=1S/C16H14FN3O3/c1-3-11-8-15(16-7-4-10(2)23-16)19(18-11)12-5-6-13(17)14(9-12)20(21)22/h4-9H,3H2,1-2H3. The van der Waals surface area contributed by atoms with Gasteiger partial charge >= 0.3 is 5.69 Å². The van der Waals surface area contributed by atoms with Crippen LogP contribution in [0.1, 0.15) is 18.4 Å². The maximum Gasteiger partial charge on any atom is 0.306 e. The number of nitrogens with zero attached hydrogens (tertiary/aromatic N) is 3. The number of nitro benzene ring substituents is 1. The molecule has 0 aliphatic heterocycles. The van der Waals surface area contributed by atoms with Crippen molar-refractivity contribution in [2.45, 2.75) is 20.3 Å². The molecule has 1 aromatic carbocycles. The Morgan fingerprint density at radius 1 is 1.30 bits per heavy atom. The zero-order chi connectivity index (χ0) is 16.6. The van der Waals surface area contributed by atoms with Crippen molar-refractivity contribution in [2.75, 3.05) is 0 Å². The van der Waals surface area contributed by atoms with E-state index in [1.165, 1.54) is 16.8 Å². The van der Waals surface area contributed by atoms with Gasteiger partial charge in [-0.15, -0.1) is 0 Å². The number of halogens is 1. The van der Waals surface area contributed by atoms with Crippen LogP contribution in [-0.4, -0.2) is 14.7 Å². The van der Waals surface area contributed by atoms with Gasteiger partial charge in [-0.05, 0) is 43.7 Å². The molecule has 0 spiro atoms. The lowest BCUT2D eigenvalue weighted by Crippen LogP contribution is -2.02. The lowest BCUT2D eigenvalue weighted by molar-refractivity contribution is -0.387. The van der Waals surface area contributed by atoms with Gasteiger partial charge in [0, 0.05) is 6.07 Å². The monoisotopic (exact) mass is 315 g/mol. The number of aryl methyl sites for hydroxylation is 2. The molecular formula is C16H14FN3O3. The summed E-state index contributed by atoms with van der Waals surface area (Å²) in [5.74, 6) is 0.467. The first-order valence-corrected chi connectivity index (χ1v) is 7.09. The van der Waals surface area contributed by atoms with E-state index in [1.54, 1.807) is 6.07 Å². The summed E-state index contributed by atoms with van der Waals surface area (Å²) in [6.07, 6.45) is 0.697. The summed E-state index contributed by atoms with van der Waals surface area (Å²) in [6, 6.07) is 9.17. The van der Waals surface area contributed by atoms with E-state index in [-0.39, 0.29) is 0 Å². The minimum Gasteiger partial charge on any atom is -0.460 e. The number of furan rings is 1. The molecule has 0 fully saturated rings. The molecule has 0 radical (unpaired) electrons. The van der Waals surface area contributed by atoms with Crippen molar-refractivity contribution in [1.82, 2.24) is 9.78 Å². The van der Waals surface area contributed by atoms with Crippen LogP contribution in [0.4, 0.5) is 10.1 Å². The average molecular weight is 315 g/mol. The third kappa shape index (κ3) is 2.73. The predicted molar refractivity (Wildman–Crippen MR) is 82.0 cm³/mol. The summed E-state index contributed by atoms with van der Waals surface area (Å²) in [7, 11) is 0. The molecule has 6 nitrogen and oxygen atoms in total. The van der Waals surface area contributed by atoms with Gasteiger partial charge in [-0.2, -0.15) is 9.49 Å². The Morgan fingerprint density at radius 3 is 2.70 bits per heavy atom. The van der Waals surface area contributed by atoms with Gasteiger partial charge in [0.2, 0.25) is 5.82 Å². The first-order valence-electron chi connectivity index (χ1n) is 7.09. The highest BCUT2D eigenvalue weighted by Crippen LogP contribution is 2.28. The lowest BCUT2D eigenvalue weighted by atomic mass is 10.2. The van der Waals surface area contributed by atoms with Crippen molar-refractivity contribution in [3.05, 3.63) is 63.8 Å². The first-order chi connectivity index (χ1) is 11.0. The van der Waals surface area contributed by atoms with Gasteiger partial charge < -0.3 is 4.42 Å². The van der Waals surface area contributed by atoms with Crippen molar-refractivity contribution in [1.29, 1.82) is 0 Å². The Labute approximate surface area is 131 Å². The summed E-state index contributed by atoms with van der Waals surface area (Å²) in [5, 5.41) is 15.4. The minimum absolute atomic E-state index is 0.404. The van der Waals surface area contributed by atoms with E-state index in [4.69, 9.17) is 4.42 Å². The molecule has 0 unspecified atom stereocenters. The third-order valence-corrected chi connectivity index (χ3v) is 3.49. The van der Waals surface area contributed by atoms with Gasteiger partial charge in [-0.3, -0.25) is 10.1 Å². The van der Waals surface area contributed by atoms with E-state index < -0.39 is 16.4 Å². The van der Waals surface area contributed by atoms with E-state index in [0.717, 1.165) is 17.5 Å². The molecule has 3 rings (SSSR count). The number of benzene rings is 1. The molecule has 0 aliphatic carbocycles. The van der Waals surface area contributed by atoms with Crippen molar-refractivity contribution >= 4 is 5.69 Å². The van der Waals surface area contributed by atoms with Crippen LogP contribution >= 0.6 is 0 Å². The smallest absolute Gasteiger partial charge is 0.306 e. The Bertz CT molecular complexity index is 883. The zero-order valence-electron chi connectivity index (χ0n) is 12.6. The molecule has 0 amide bonds. The second-order valence-electron chi connectivity index (χ2n) is 5.09. The van der Waals surface area contributed by atoms with E-state index in [9.17, 15) is 14.5 Å². The molecule has 0 saturated carbocycles. The maximum absolute atomic E-state index is 13.5. The Morgan fingerprint density at radius 2 is 2.09 bits per heavy atom. The molecule has 0 aliphatic rings. The van der Waals surface area contributed by atoms with Crippen LogP contribution in [0.3, 0.4) is 0 Å². The van der Waals surface area contributed by atoms with E-state index in [0.29, 0.717) is 23.6 Å². The molecule has 0 saturated heterocycles. The molecule has 0 atom stereocenters. The van der Waals surface area contributed by atoms with E-state index in [2.05, 4.69) is 5.10 Å². The van der Waals surface area contributed by atoms with E-state index in [1.807, 2.05) is 26.0 Å². The number of nitro groups is 1. The van der Waals surface area contributed by atoms with Crippen LogP contribution in [0.25, 0.3) is 17.1 Å². The summed E-state index contributed by atoms with van der Waals surface area (Å²) in [4.78, 5) is 10.2. The number of rotatable bonds is 4. The minimum atomic E-state index is -0.878. The van der Waals surface area contributed by atoms with Crippen LogP contribution in [0.2, 0.25) is 0 Å². The highest BCUT2D eigenvalue weighted by molar-refractivity contribution is 5.58. The molecule has 118 valence electrons. The number of hydrogen-bond donors (Lipinski definition) is 0. The quantitative estimate of drug-likeness (QED) is 0.537. The second kappa shape index (κ2) is 5.68. The summed E-state index contributed by atoms with van der Waals surface area (Å²) >= 11 is 0. The first kappa shape index (κ1) is 15.0. The van der Waals surface area contributed by atoms with Crippen molar-refractivity contribution in [2.24, 2.45) is 0 Å². The van der Waals surface area contributed by atoms with Gasteiger partial charge in [0.05, 0.1) is 16.3 Å². The van der Waals surface area contributed by atoms with Gasteiger partial charge in [0.15, 0.2) is 5.76 Å². The highest BCUT2D eigenvalue weighted by atomic mass is 19.1. The van der Waals surface area contributed by atoms with Gasteiger partial charge in [0.1, 0.15) is 11.5 Å². The highest BCUT2D eigenvalue weighted by Gasteiger charge is 2.19. The molecule has 0 N–H and O–H groups in total. The number of aromatic nitrogens is 2. The van der Waals surface area contributed by atoms with Crippen LogP contribution in [0.15, 0.2) is 40.8 Å². The van der Waals surface area contributed by atoms with Gasteiger partial charge in [0.25, 0.3) is 0 Å². The average Bonchev–Trinajstić information content (AvgIpc) is 3.13. The van der Waals surface area contributed by atoms with Gasteiger partial charge in [-0.25, -0.2) is 4.68 Å². The molecule has 2 heterocycles. The second-order valence-corrected chi connectivity index (χ2v) is 5.09. The SMILES string of the molecule is CCc1cc(-c2ccc(C)o2)n(-c2ccc(F)c([N+](=O)[O-])c2)n1. The maximum atomic E-state index is 13.5. The fraction of sp³-hybridized carbons (Fsp3) is 0.188. The van der Waals surface area contributed by atoms with E-state index >= 15 is 0 Å². The lowest BCUT2D eigenvalue weighted by Gasteiger charge is -2.06. The van der Waals surface area contributed by atoms with Gasteiger partial charge in [-0.1, -0.05) is 6.92 Å². The molecule has 2 aromatic heterocycles. The number of hydrogen-bond acceptors (Lipinski definition) is 4. The third-order valence-electron chi connectivity index (χ3n) is 3.49. The summed E-state index contributed by atoms with van der Waals surface area (Å²) in [5.41, 5.74) is 1.29. The summed E-state index contributed by atoms with van der Waals surface area (Å²) < 4.78 is 20.7. The van der Waals surface area contributed by atoms with Crippen LogP contribution in [0.5, 0.6) is 0 Å². The predicted octanol–water partition coefficient (Wildman–Crippen LogP) is 4.05. The Balaban J connectivity index is 2.18. The normalized spacial score (nSPS) is 10.9. The van der Waals surface area contributed by atoms with Crippen LogP contribution in [0, 0.1) is 22.9 Å². The Hall–Kier alpha value is -2.96.